The molecule has 0 radical (unpaired) electrons. The summed E-state index contributed by atoms with van der Waals surface area (Å²) in [6.07, 6.45) is 57.2. The van der Waals surface area contributed by atoms with Crippen molar-refractivity contribution in [2.45, 2.75) is 225 Å². The number of ether oxygens (including phenoxy) is 2. The van der Waals surface area contributed by atoms with E-state index in [1.807, 2.05) is 27.2 Å². The van der Waals surface area contributed by atoms with E-state index in [2.05, 4.69) is 68.5 Å². The van der Waals surface area contributed by atoms with Gasteiger partial charge in [-0.25, -0.2) is 4.57 Å². The molecule has 0 fully saturated rings. The zero-order valence-electron chi connectivity index (χ0n) is 42.0. The number of unbranched alkanes of at least 4 members (excludes halogenated alkanes) is 23. The minimum atomic E-state index is -4.40. The summed E-state index contributed by atoms with van der Waals surface area (Å²) in [5.41, 5.74) is 0. The first-order valence-corrected chi connectivity index (χ1v) is 27.5. The van der Waals surface area contributed by atoms with Gasteiger partial charge in [0.25, 0.3) is 0 Å². The first-order valence-electron chi connectivity index (χ1n) is 26.0. The Hall–Kier alpha value is -2.29. The summed E-state index contributed by atoms with van der Waals surface area (Å²) in [7, 11) is 1.44. The minimum Gasteiger partial charge on any atom is -0.462 e. The van der Waals surface area contributed by atoms with Crippen LogP contribution in [0.1, 0.15) is 219 Å². The number of phosphoric ester groups is 1. The Balaban J connectivity index is 4.26. The number of rotatable bonds is 47. The van der Waals surface area contributed by atoms with Crippen molar-refractivity contribution >= 4 is 19.8 Å². The van der Waals surface area contributed by atoms with Gasteiger partial charge in [-0.15, -0.1) is 0 Å². The Kier molecular flexibility index (Phi) is 44.2. The number of quaternary nitrogens is 1. The average Bonchev–Trinajstić information content (AvgIpc) is 3.25. The van der Waals surface area contributed by atoms with Crippen LogP contribution in [-0.4, -0.2) is 74.9 Å². The summed E-state index contributed by atoms with van der Waals surface area (Å²) in [6, 6.07) is 0. The smallest absolute Gasteiger partial charge is 0.462 e. The Morgan fingerprint density at radius 3 is 1.31 bits per heavy atom. The summed E-state index contributed by atoms with van der Waals surface area (Å²) in [4.78, 5) is 35.5. The second-order valence-corrected chi connectivity index (χ2v) is 20.0. The number of likely N-dealkylation sites (N-methyl/N-ethyl adjacent to an activating group) is 1. The van der Waals surface area contributed by atoms with E-state index >= 15 is 0 Å². The summed E-state index contributed by atoms with van der Waals surface area (Å²) in [5.74, 6) is -0.861. The van der Waals surface area contributed by atoms with Gasteiger partial charge in [-0.05, 0) is 51.4 Å². The van der Waals surface area contributed by atoms with E-state index < -0.39 is 26.5 Å². The molecule has 0 saturated carbocycles. The summed E-state index contributed by atoms with van der Waals surface area (Å²) < 4.78 is 34.4. The van der Waals surface area contributed by atoms with E-state index in [-0.39, 0.29) is 32.0 Å². The molecule has 0 rings (SSSR count). The number of carbonyl (C=O) groups excluding carboxylic acids is 2. The molecule has 2 unspecified atom stereocenters. The monoisotopic (exact) mass is 921 g/mol. The maximum absolute atomic E-state index is 12.7. The standard InChI is InChI=1S/C54H98NO8P/c1-6-8-10-12-14-16-18-20-22-24-25-26-27-28-29-31-32-34-36-38-40-42-44-46-53(56)60-50-52(51-62-64(58,59)61-49-48-55(3,4)5)63-54(57)47-45-43-41-39-37-35-33-30-23-21-19-17-15-13-11-9-7-2/h9,11,15,17,21,23,33,35,39,41,52H,6-8,10,12-14,16,18-20,22,24-32,34,36-38,40,42-51H2,1-5H3/p+1/b11-9-,17-15-,23-21-,35-33-,41-39-. The van der Waals surface area contributed by atoms with Crippen LogP contribution in [0.15, 0.2) is 60.8 Å². The number of nitrogens with zero attached hydrogens (tertiary/aromatic N) is 1. The third-order valence-corrected chi connectivity index (χ3v) is 12.0. The molecule has 0 aliphatic heterocycles. The van der Waals surface area contributed by atoms with Crippen LogP contribution in [0, 0.1) is 0 Å². The third kappa shape index (κ3) is 49.2. The van der Waals surface area contributed by atoms with E-state index in [1.54, 1.807) is 0 Å². The van der Waals surface area contributed by atoms with Gasteiger partial charge in [0.05, 0.1) is 27.7 Å². The molecule has 2 atom stereocenters. The van der Waals surface area contributed by atoms with Crippen molar-refractivity contribution in [2.24, 2.45) is 0 Å². The first-order chi connectivity index (χ1) is 31.0. The van der Waals surface area contributed by atoms with Gasteiger partial charge >= 0.3 is 19.8 Å². The molecule has 64 heavy (non-hydrogen) atoms. The van der Waals surface area contributed by atoms with Gasteiger partial charge in [0.15, 0.2) is 6.10 Å². The molecule has 9 nitrogen and oxygen atoms in total. The van der Waals surface area contributed by atoms with Crippen LogP contribution in [0.4, 0.5) is 0 Å². The molecule has 372 valence electrons. The third-order valence-electron chi connectivity index (χ3n) is 11.1. The SMILES string of the molecule is CC/C=C\C/C=C\C/C=C\C/C=C\C/C=C\CCCC(=O)OC(COC(=O)CCCCCCCCCCCCCCCCCCCCCCCCC)COP(=O)(O)OCC[N+](C)(C)C. The van der Waals surface area contributed by atoms with E-state index in [0.29, 0.717) is 23.9 Å². The lowest BCUT2D eigenvalue weighted by atomic mass is 10.0. The van der Waals surface area contributed by atoms with E-state index in [1.165, 1.54) is 128 Å². The predicted octanol–water partition coefficient (Wildman–Crippen LogP) is 15.6. The highest BCUT2D eigenvalue weighted by molar-refractivity contribution is 7.47. The largest absolute Gasteiger partial charge is 0.472 e. The van der Waals surface area contributed by atoms with Crippen LogP contribution in [0.3, 0.4) is 0 Å². The summed E-state index contributed by atoms with van der Waals surface area (Å²) in [5, 5.41) is 0. The molecule has 0 aromatic carbocycles. The van der Waals surface area contributed by atoms with Gasteiger partial charge in [0.1, 0.15) is 19.8 Å². The Labute approximate surface area is 394 Å². The molecule has 0 aromatic rings. The van der Waals surface area contributed by atoms with Gasteiger partial charge in [-0.2, -0.15) is 0 Å². The molecule has 0 amide bonds. The molecule has 0 aliphatic carbocycles. The molecule has 0 spiro atoms. The van der Waals surface area contributed by atoms with Crippen molar-refractivity contribution in [3.05, 3.63) is 60.8 Å². The Morgan fingerprint density at radius 1 is 0.500 bits per heavy atom. The molecular formula is C54H99NO8P+. The average molecular weight is 921 g/mol. The van der Waals surface area contributed by atoms with Crippen LogP contribution in [-0.2, 0) is 32.7 Å². The lowest BCUT2D eigenvalue weighted by molar-refractivity contribution is -0.870. The van der Waals surface area contributed by atoms with E-state index in [4.69, 9.17) is 18.5 Å². The van der Waals surface area contributed by atoms with Crippen LogP contribution < -0.4 is 0 Å². The van der Waals surface area contributed by atoms with Crippen molar-refractivity contribution in [1.82, 2.24) is 0 Å². The second-order valence-electron chi connectivity index (χ2n) is 18.5. The zero-order valence-corrected chi connectivity index (χ0v) is 42.9. The van der Waals surface area contributed by atoms with Gasteiger partial charge in [-0.1, -0.05) is 216 Å². The highest BCUT2D eigenvalue weighted by Crippen LogP contribution is 2.43. The highest BCUT2D eigenvalue weighted by Gasteiger charge is 2.27. The minimum absolute atomic E-state index is 0.0199. The lowest BCUT2D eigenvalue weighted by Crippen LogP contribution is -2.37. The zero-order chi connectivity index (χ0) is 47.1. The fraction of sp³-hybridized carbons (Fsp3) is 0.778. The maximum Gasteiger partial charge on any atom is 0.472 e. The molecule has 0 heterocycles. The van der Waals surface area contributed by atoms with E-state index in [0.717, 1.165) is 51.4 Å². The second kappa shape index (κ2) is 45.8. The fourth-order valence-corrected chi connectivity index (χ4v) is 7.79. The summed E-state index contributed by atoms with van der Waals surface area (Å²) in [6.45, 7) is 4.27. The molecule has 10 heteroatoms. The quantitative estimate of drug-likeness (QED) is 0.0211. The van der Waals surface area contributed by atoms with Gasteiger partial charge in [0, 0.05) is 12.8 Å². The normalized spacial score (nSPS) is 13.9. The number of phosphoric acid groups is 1. The van der Waals surface area contributed by atoms with Crippen LogP contribution in [0.5, 0.6) is 0 Å². The molecule has 0 saturated heterocycles. The predicted molar refractivity (Wildman–Crippen MR) is 270 cm³/mol. The van der Waals surface area contributed by atoms with Crippen LogP contribution in [0.2, 0.25) is 0 Å². The van der Waals surface area contributed by atoms with Gasteiger partial charge in [-0.3, -0.25) is 18.6 Å². The fourth-order valence-electron chi connectivity index (χ4n) is 7.05. The maximum atomic E-state index is 12.7. The van der Waals surface area contributed by atoms with Gasteiger partial charge in [0.2, 0.25) is 0 Å². The topological polar surface area (TPSA) is 108 Å². The molecular weight excluding hydrogens is 822 g/mol. The Morgan fingerprint density at radius 2 is 0.891 bits per heavy atom. The number of hydrogen-bond donors (Lipinski definition) is 1. The van der Waals surface area contributed by atoms with Crippen molar-refractivity contribution in [3.8, 4) is 0 Å². The molecule has 0 aromatic heterocycles. The van der Waals surface area contributed by atoms with Crippen molar-refractivity contribution in [3.63, 3.8) is 0 Å². The van der Waals surface area contributed by atoms with Crippen LogP contribution in [0.25, 0.3) is 0 Å². The molecule has 0 bridgehead atoms. The molecule has 1 N–H and O–H groups in total. The van der Waals surface area contributed by atoms with Crippen molar-refractivity contribution in [1.29, 1.82) is 0 Å². The number of hydrogen-bond acceptors (Lipinski definition) is 7. The number of esters is 2. The highest BCUT2D eigenvalue weighted by atomic mass is 31.2. The number of allylic oxidation sites excluding steroid dienone is 10. The van der Waals surface area contributed by atoms with Crippen molar-refractivity contribution in [2.75, 3.05) is 47.5 Å². The first kappa shape index (κ1) is 61.7. The van der Waals surface area contributed by atoms with Crippen molar-refractivity contribution < 1.29 is 42.1 Å². The lowest BCUT2D eigenvalue weighted by Gasteiger charge is -2.24. The van der Waals surface area contributed by atoms with Crippen LogP contribution >= 0.6 is 7.82 Å². The summed E-state index contributed by atoms with van der Waals surface area (Å²) >= 11 is 0. The molecule has 0 aliphatic rings. The number of carbonyl (C=O) groups is 2. The Bertz CT molecular complexity index is 1270. The van der Waals surface area contributed by atoms with E-state index in [9.17, 15) is 19.0 Å². The van der Waals surface area contributed by atoms with Gasteiger partial charge < -0.3 is 18.9 Å².